The molecular formula is C16H23ClFNO. The summed E-state index contributed by atoms with van der Waals surface area (Å²) in [4.78, 5) is 0. The van der Waals surface area contributed by atoms with Gasteiger partial charge < -0.3 is 10.5 Å². The summed E-state index contributed by atoms with van der Waals surface area (Å²) in [6.45, 7) is 2.64. The summed E-state index contributed by atoms with van der Waals surface area (Å²) in [5, 5.41) is 0.414. The van der Waals surface area contributed by atoms with Gasteiger partial charge in [0.1, 0.15) is 5.82 Å². The van der Waals surface area contributed by atoms with Gasteiger partial charge in [-0.15, -0.1) is 0 Å². The predicted octanol–water partition coefficient (Wildman–Crippen LogP) is 4.09. The fourth-order valence-electron chi connectivity index (χ4n) is 3.17. The van der Waals surface area contributed by atoms with Gasteiger partial charge in [0.2, 0.25) is 0 Å². The molecule has 0 saturated heterocycles. The molecule has 0 aliphatic heterocycles. The van der Waals surface area contributed by atoms with Crippen LogP contribution in [0.15, 0.2) is 18.2 Å². The molecule has 1 fully saturated rings. The largest absolute Gasteiger partial charge is 0.374 e. The Bertz CT molecular complexity index is 441. The second-order valence-corrected chi connectivity index (χ2v) is 6.04. The molecular weight excluding hydrogens is 277 g/mol. The van der Waals surface area contributed by atoms with Crippen LogP contribution >= 0.6 is 11.6 Å². The van der Waals surface area contributed by atoms with Gasteiger partial charge in [0.05, 0.1) is 5.60 Å². The van der Waals surface area contributed by atoms with Crippen molar-refractivity contribution >= 4 is 11.6 Å². The van der Waals surface area contributed by atoms with Gasteiger partial charge in [-0.1, -0.05) is 36.9 Å². The Morgan fingerprint density at radius 3 is 2.65 bits per heavy atom. The highest BCUT2D eigenvalue weighted by atomic mass is 35.5. The van der Waals surface area contributed by atoms with E-state index in [0.717, 1.165) is 25.7 Å². The number of benzene rings is 1. The predicted molar refractivity (Wildman–Crippen MR) is 80.5 cm³/mol. The smallest absolute Gasteiger partial charge is 0.127 e. The maximum absolute atomic E-state index is 13.9. The number of nitrogens with two attached hydrogens (primary N) is 1. The first-order valence-electron chi connectivity index (χ1n) is 7.41. The van der Waals surface area contributed by atoms with E-state index in [-0.39, 0.29) is 17.5 Å². The van der Waals surface area contributed by atoms with E-state index in [2.05, 4.69) is 0 Å². The SMILES string of the molecule is CCOC1(C(N)Cc2ccc(Cl)cc2F)CCCCC1. The highest BCUT2D eigenvalue weighted by molar-refractivity contribution is 6.30. The summed E-state index contributed by atoms with van der Waals surface area (Å²) in [5.41, 5.74) is 6.71. The molecule has 1 aliphatic rings. The number of hydrogen-bond acceptors (Lipinski definition) is 2. The number of hydrogen-bond donors (Lipinski definition) is 1. The molecule has 1 aromatic rings. The fraction of sp³-hybridized carbons (Fsp3) is 0.625. The maximum atomic E-state index is 13.9. The maximum Gasteiger partial charge on any atom is 0.127 e. The fourth-order valence-corrected chi connectivity index (χ4v) is 3.33. The lowest BCUT2D eigenvalue weighted by Crippen LogP contribution is -2.52. The number of rotatable bonds is 5. The standard InChI is InChI=1S/C16H23ClFNO/c1-2-20-16(8-4-3-5-9-16)15(19)10-12-6-7-13(17)11-14(12)18/h6-7,11,15H,2-5,8-10,19H2,1H3. The van der Waals surface area contributed by atoms with Crippen molar-refractivity contribution in [1.29, 1.82) is 0 Å². The van der Waals surface area contributed by atoms with Crippen molar-refractivity contribution in [1.82, 2.24) is 0 Å². The first-order valence-corrected chi connectivity index (χ1v) is 7.78. The van der Waals surface area contributed by atoms with E-state index < -0.39 is 0 Å². The molecule has 1 unspecified atom stereocenters. The minimum atomic E-state index is -0.293. The molecule has 2 nitrogen and oxygen atoms in total. The quantitative estimate of drug-likeness (QED) is 0.889. The molecule has 0 heterocycles. The summed E-state index contributed by atoms with van der Waals surface area (Å²) in [6, 6.07) is 4.59. The van der Waals surface area contributed by atoms with Crippen molar-refractivity contribution < 1.29 is 9.13 Å². The third kappa shape index (κ3) is 3.51. The van der Waals surface area contributed by atoms with E-state index in [9.17, 15) is 4.39 Å². The molecule has 1 saturated carbocycles. The van der Waals surface area contributed by atoms with E-state index in [4.69, 9.17) is 22.1 Å². The summed E-state index contributed by atoms with van der Waals surface area (Å²) in [5.74, 6) is -0.282. The Morgan fingerprint density at radius 1 is 1.35 bits per heavy atom. The van der Waals surface area contributed by atoms with Crippen LogP contribution in [-0.2, 0) is 11.2 Å². The lowest BCUT2D eigenvalue weighted by Gasteiger charge is -2.41. The van der Waals surface area contributed by atoms with E-state index in [1.54, 1.807) is 12.1 Å². The molecule has 1 atom stereocenters. The zero-order chi connectivity index (χ0) is 14.6. The minimum Gasteiger partial charge on any atom is -0.374 e. The van der Waals surface area contributed by atoms with Gasteiger partial charge in [-0.05, 0) is 43.9 Å². The molecule has 0 bridgehead atoms. The summed E-state index contributed by atoms with van der Waals surface area (Å²) in [7, 11) is 0. The second-order valence-electron chi connectivity index (χ2n) is 5.60. The van der Waals surface area contributed by atoms with Gasteiger partial charge in [-0.25, -0.2) is 4.39 Å². The van der Waals surface area contributed by atoms with E-state index in [1.165, 1.54) is 12.5 Å². The second kappa shape index (κ2) is 6.88. The summed E-state index contributed by atoms with van der Waals surface area (Å²) >= 11 is 5.78. The minimum absolute atomic E-state index is 0.182. The van der Waals surface area contributed by atoms with Crippen LogP contribution in [0.3, 0.4) is 0 Å². The van der Waals surface area contributed by atoms with Crippen molar-refractivity contribution in [3.05, 3.63) is 34.6 Å². The molecule has 20 heavy (non-hydrogen) atoms. The molecule has 112 valence electrons. The average Bonchev–Trinajstić information content (AvgIpc) is 2.43. The first kappa shape index (κ1) is 15.7. The molecule has 0 radical (unpaired) electrons. The Labute approximate surface area is 125 Å². The van der Waals surface area contributed by atoms with Crippen molar-refractivity contribution in [3.63, 3.8) is 0 Å². The van der Waals surface area contributed by atoms with Gasteiger partial charge >= 0.3 is 0 Å². The van der Waals surface area contributed by atoms with Crippen LogP contribution in [0.4, 0.5) is 4.39 Å². The molecule has 2 N–H and O–H groups in total. The van der Waals surface area contributed by atoms with Crippen LogP contribution in [0.2, 0.25) is 5.02 Å². The molecule has 0 aromatic heterocycles. The van der Waals surface area contributed by atoms with Gasteiger partial charge in [0.15, 0.2) is 0 Å². The van der Waals surface area contributed by atoms with Crippen molar-refractivity contribution in [3.8, 4) is 0 Å². The molecule has 1 aliphatic carbocycles. The van der Waals surface area contributed by atoms with Crippen LogP contribution in [0.25, 0.3) is 0 Å². The Balaban J connectivity index is 2.13. The number of ether oxygens (including phenoxy) is 1. The van der Waals surface area contributed by atoms with Crippen LogP contribution in [0, 0.1) is 5.82 Å². The van der Waals surface area contributed by atoms with E-state index in [1.807, 2.05) is 6.92 Å². The molecule has 0 spiro atoms. The van der Waals surface area contributed by atoms with E-state index >= 15 is 0 Å². The van der Waals surface area contributed by atoms with Crippen molar-refractivity contribution in [2.45, 2.75) is 57.1 Å². The van der Waals surface area contributed by atoms with Crippen LogP contribution in [0.1, 0.15) is 44.6 Å². The Kier molecular flexibility index (Phi) is 5.42. The molecule has 2 rings (SSSR count). The van der Waals surface area contributed by atoms with Gasteiger partial charge in [-0.2, -0.15) is 0 Å². The molecule has 4 heteroatoms. The van der Waals surface area contributed by atoms with Gasteiger partial charge in [0.25, 0.3) is 0 Å². The molecule has 1 aromatic carbocycles. The highest BCUT2D eigenvalue weighted by Crippen LogP contribution is 2.35. The third-order valence-electron chi connectivity index (χ3n) is 4.26. The summed E-state index contributed by atoms with van der Waals surface area (Å²) < 4.78 is 19.9. The lowest BCUT2D eigenvalue weighted by atomic mass is 9.77. The van der Waals surface area contributed by atoms with Crippen LogP contribution in [0.5, 0.6) is 0 Å². The molecule has 0 amide bonds. The Morgan fingerprint density at radius 2 is 2.05 bits per heavy atom. The Hall–Kier alpha value is -0.640. The average molecular weight is 300 g/mol. The van der Waals surface area contributed by atoms with Crippen molar-refractivity contribution in [2.24, 2.45) is 5.73 Å². The first-order chi connectivity index (χ1) is 9.57. The summed E-state index contributed by atoms with van der Waals surface area (Å²) in [6.07, 6.45) is 5.93. The van der Waals surface area contributed by atoms with Gasteiger partial charge in [-0.3, -0.25) is 0 Å². The lowest BCUT2D eigenvalue weighted by molar-refractivity contribution is -0.0818. The normalized spacial score (nSPS) is 19.8. The topological polar surface area (TPSA) is 35.2 Å². The van der Waals surface area contributed by atoms with Crippen molar-refractivity contribution in [2.75, 3.05) is 6.61 Å². The van der Waals surface area contributed by atoms with Gasteiger partial charge in [0, 0.05) is 17.7 Å². The highest BCUT2D eigenvalue weighted by Gasteiger charge is 2.38. The zero-order valence-electron chi connectivity index (χ0n) is 12.0. The van der Waals surface area contributed by atoms with Crippen LogP contribution < -0.4 is 5.73 Å². The van der Waals surface area contributed by atoms with Crippen LogP contribution in [-0.4, -0.2) is 18.2 Å². The monoisotopic (exact) mass is 299 g/mol. The zero-order valence-corrected chi connectivity index (χ0v) is 12.8. The number of halogens is 2. The van der Waals surface area contributed by atoms with E-state index in [0.29, 0.717) is 23.6 Å². The third-order valence-corrected chi connectivity index (χ3v) is 4.50.